The summed E-state index contributed by atoms with van der Waals surface area (Å²) >= 11 is 0. The van der Waals surface area contributed by atoms with E-state index >= 15 is 0 Å². The van der Waals surface area contributed by atoms with Gasteiger partial charge in [-0.3, -0.25) is 9.36 Å². The third kappa shape index (κ3) is 2.91. The van der Waals surface area contributed by atoms with Crippen LogP contribution in [0.5, 0.6) is 0 Å². The Bertz CT molecular complexity index is 1340. The second-order valence-corrected chi connectivity index (χ2v) is 7.70. The van der Waals surface area contributed by atoms with Crippen molar-refractivity contribution in [2.75, 3.05) is 0 Å². The molecule has 1 unspecified atom stereocenters. The molecule has 0 bridgehead atoms. The molecule has 2 N–H and O–H groups in total. The number of pyridine rings is 1. The number of benzene rings is 1. The number of aromatic amines is 1. The molecule has 1 atom stereocenters. The smallest absolute Gasteiger partial charge is 0.137 e. The van der Waals surface area contributed by atoms with Crippen molar-refractivity contribution in [1.82, 2.24) is 29.5 Å². The van der Waals surface area contributed by atoms with Crippen LogP contribution in [-0.2, 0) is 19.7 Å². The van der Waals surface area contributed by atoms with E-state index < -0.39 is 5.60 Å². The largest absolute Gasteiger partial charge is 0.379 e. The summed E-state index contributed by atoms with van der Waals surface area (Å²) in [4.78, 5) is 7.79. The van der Waals surface area contributed by atoms with Gasteiger partial charge in [0.15, 0.2) is 0 Å². The van der Waals surface area contributed by atoms with E-state index in [1.807, 2.05) is 75.3 Å². The van der Waals surface area contributed by atoms with Crippen LogP contribution in [0.2, 0.25) is 0 Å². The first-order chi connectivity index (χ1) is 14.4. The summed E-state index contributed by atoms with van der Waals surface area (Å²) < 4.78 is 3.51. The molecular weight excluding hydrogens is 376 g/mol. The quantitative estimate of drug-likeness (QED) is 0.484. The van der Waals surface area contributed by atoms with Gasteiger partial charge >= 0.3 is 0 Å². The van der Waals surface area contributed by atoms with Crippen molar-refractivity contribution in [1.29, 1.82) is 0 Å². The van der Waals surface area contributed by atoms with E-state index in [9.17, 15) is 5.11 Å². The van der Waals surface area contributed by atoms with E-state index in [2.05, 4.69) is 21.1 Å². The minimum absolute atomic E-state index is 0.717. The predicted octanol–water partition coefficient (Wildman–Crippen LogP) is 3.62. The van der Waals surface area contributed by atoms with E-state index in [0.29, 0.717) is 0 Å². The lowest BCUT2D eigenvalue weighted by Crippen LogP contribution is -2.25. The Hall–Kier alpha value is -3.71. The van der Waals surface area contributed by atoms with Gasteiger partial charge < -0.3 is 10.1 Å². The average molecular weight is 398 g/mol. The minimum atomic E-state index is -1.16. The molecule has 30 heavy (non-hydrogen) atoms. The van der Waals surface area contributed by atoms with Gasteiger partial charge in [-0.1, -0.05) is 30.3 Å². The Balaban J connectivity index is 1.60. The predicted molar refractivity (Wildman–Crippen MR) is 116 cm³/mol. The van der Waals surface area contributed by atoms with Crippen LogP contribution < -0.4 is 0 Å². The van der Waals surface area contributed by atoms with Crippen LogP contribution in [0.4, 0.5) is 0 Å². The first-order valence-corrected chi connectivity index (χ1v) is 9.72. The van der Waals surface area contributed by atoms with Gasteiger partial charge in [-0.05, 0) is 24.6 Å². The summed E-state index contributed by atoms with van der Waals surface area (Å²) in [7, 11) is 3.75. The monoisotopic (exact) mass is 398 g/mol. The first kappa shape index (κ1) is 18.3. The molecule has 4 heterocycles. The van der Waals surface area contributed by atoms with Crippen molar-refractivity contribution in [3.05, 3.63) is 78.5 Å². The molecule has 0 saturated heterocycles. The summed E-state index contributed by atoms with van der Waals surface area (Å²) in [5.74, 6) is 0. The SMILES string of the molecule is Cn1cc(-c2cnc3[nH]cc(-c4cc(C(C)(O)c5ccccc5)n(C)n4)c3c2)cn1. The average Bonchev–Trinajstić information content (AvgIpc) is 3.46. The van der Waals surface area contributed by atoms with Gasteiger partial charge in [-0.15, -0.1) is 0 Å². The second kappa shape index (κ2) is 6.67. The van der Waals surface area contributed by atoms with Crippen molar-refractivity contribution in [2.45, 2.75) is 12.5 Å². The highest BCUT2D eigenvalue weighted by atomic mass is 16.3. The first-order valence-electron chi connectivity index (χ1n) is 9.72. The molecule has 150 valence electrons. The Labute approximate surface area is 173 Å². The molecule has 0 radical (unpaired) electrons. The fourth-order valence-electron chi connectivity index (χ4n) is 3.91. The Kier molecular flexibility index (Phi) is 4.08. The van der Waals surface area contributed by atoms with Gasteiger partial charge in [0.1, 0.15) is 11.2 Å². The molecule has 5 aromatic rings. The lowest BCUT2D eigenvalue weighted by Gasteiger charge is -2.23. The standard InChI is InChI=1S/C23H22N6O/c1-23(30,17-7-5-4-6-8-17)21-10-20(27-29(21)3)19-13-25-22-18(19)9-15(11-24-22)16-12-26-28(2)14-16/h4-14,30H,1-3H3,(H,24,25). The zero-order valence-electron chi connectivity index (χ0n) is 17.0. The number of nitrogens with one attached hydrogen (secondary N) is 1. The summed E-state index contributed by atoms with van der Waals surface area (Å²) in [6.45, 7) is 1.79. The number of aryl methyl sites for hydroxylation is 2. The molecular formula is C23H22N6O. The van der Waals surface area contributed by atoms with Gasteiger partial charge in [0, 0.05) is 54.8 Å². The molecule has 7 nitrogen and oxygen atoms in total. The van der Waals surface area contributed by atoms with Crippen molar-refractivity contribution in [3.8, 4) is 22.4 Å². The molecule has 5 rings (SSSR count). The molecule has 0 aliphatic heterocycles. The fourth-order valence-corrected chi connectivity index (χ4v) is 3.91. The number of H-pyrrole nitrogens is 1. The summed E-state index contributed by atoms with van der Waals surface area (Å²) in [6, 6.07) is 13.7. The van der Waals surface area contributed by atoms with Crippen molar-refractivity contribution >= 4 is 11.0 Å². The maximum atomic E-state index is 11.3. The zero-order chi connectivity index (χ0) is 20.9. The van der Waals surface area contributed by atoms with Crippen LogP contribution in [0.1, 0.15) is 18.2 Å². The van der Waals surface area contributed by atoms with Crippen molar-refractivity contribution < 1.29 is 5.11 Å². The Morgan fingerprint density at radius 3 is 2.57 bits per heavy atom. The lowest BCUT2D eigenvalue weighted by atomic mass is 9.92. The molecule has 1 aromatic carbocycles. The zero-order valence-corrected chi connectivity index (χ0v) is 17.0. The van der Waals surface area contributed by atoms with Crippen molar-refractivity contribution in [3.63, 3.8) is 0 Å². The number of nitrogens with zero attached hydrogens (tertiary/aromatic N) is 5. The lowest BCUT2D eigenvalue weighted by molar-refractivity contribution is 0.0929. The third-order valence-corrected chi connectivity index (χ3v) is 5.56. The Morgan fingerprint density at radius 1 is 1.03 bits per heavy atom. The van der Waals surface area contributed by atoms with Gasteiger partial charge in [-0.2, -0.15) is 10.2 Å². The second-order valence-electron chi connectivity index (χ2n) is 7.70. The highest BCUT2D eigenvalue weighted by Gasteiger charge is 2.30. The van der Waals surface area contributed by atoms with E-state index in [-0.39, 0.29) is 0 Å². The highest BCUT2D eigenvalue weighted by molar-refractivity contribution is 5.94. The van der Waals surface area contributed by atoms with Crippen LogP contribution in [0.15, 0.2) is 67.3 Å². The number of aliphatic hydroxyl groups is 1. The molecule has 0 spiro atoms. The summed E-state index contributed by atoms with van der Waals surface area (Å²) in [5.41, 5.74) is 4.88. The Morgan fingerprint density at radius 2 is 1.83 bits per heavy atom. The molecule has 4 aromatic heterocycles. The maximum Gasteiger partial charge on any atom is 0.137 e. The number of hydrogen-bond acceptors (Lipinski definition) is 4. The van der Waals surface area contributed by atoms with E-state index in [4.69, 9.17) is 5.10 Å². The van der Waals surface area contributed by atoms with Crippen LogP contribution in [0.3, 0.4) is 0 Å². The fraction of sp³-hybridized carbons (Fsp3) is 0.174. The van der Waals surface area contributed by atoms with Gasteiger partial charge in [0.25, 0.3) is 0 Å². The summed E-state index contributed by atoms with van der Waals surface area (Å²) in [6.07, 6.45) is 7.54. The topological polar surface area (TPSA) is 84.5 Å². The van der Waals surface area contributed by atoms with Crippen LogP contribution in [-0.4, -0.2) is 34.6 Å². The molecule has 0 aliphatic rings. The van der Waals surface area contributed by atoms with Crippen LogP contribution in [0, 0.1) is 0 Å². The normalized spacial score (nSPS) is 13.6. The summed E-state index contributed by atoms with van der Waals surface area (Å²) in [5, 5.41) is 21.2. The highest BCUT2D eigenvalue weighted by Crippen LogP contribution is 2.34. The third-order valence-electron chi connectivity index (χ3n) is 5.56. The van der Waals surface area contributed by atoms with Crippen LogP contribution in [0.25, 0.3) is 33.4 Å². The molecule has 0 fully saturated rings. The van der Waals surface area contributed by atoms with Gasteiger partial charge in [0.05, 0.1) is 17.6 Å². The number of fused-ring (bicyclic) bond motifs is 1. The van der Waals surface area contributed by atoms with Crippen molar-refractivity contribution in [2.24, 2.45) is 14.1 Å². The van der Waals surface area contributed by atoms with E-state index in [0.717, 1.165) is 44.7 Å². The molecule has 0 saturated carbocycles. The number of rotatable bonds is 4. The van der Waals surface area contributed by atoms with E-state index in [1.54, 1.807) is 16.3 Å². The number of aromatic nitrogens is 6. The molecule has 0 aliphatic carbocycles. The molecule has 0 amide bonds. The maximum absolute atomic E-state index is 11.3. The minimum Gasteiger partial charge on any atom is -0.379 e. The van der Waals surface area contributed by atoms with Gasteiger partial charge in [0.2, 0.25) is 0 Å². The number of hydrogen-bond donors (Lipinski definition) is 2. The van der Waals surface area contributed by atoms with E-state index in [1.165, 1.54) is 0 Å². The van der Waals surface area contributed by atoms with Gasteiger partial charge in [-0.25, -0.2) is 4.98 Å². The van der Waals surface area contributed by atoms with Crippen LogP contribution >= 0.6 is 0 Å². The molecule has 7 heteroatoms.